The average molecular weight is 377 g/mol. The van der Waals surface area contributed by atoms with Crippen LogP contribution in [0.1, 0.15) is 29.5 Å². The molecule has 27 heavy (non-hydrogen) atoms. The van der Waals surface area contributed by atoms with Gasteiger partial charge in [-0.05, 0) is 18.4 Å². The maximum Gasteiger partial charge on any atom is 0.237 e. The zero-order valence-electron chi connectivity index (χ0n) is 16.1. The predicted octanol–water partition coefficient (Wildman–Crippen LogP) is -1.05. The SMILES string of the molecule is C[NH+]1CCc2c(C#N)c(NCCOCCO)[nH+]c(NC[C@@H]3CCCO3)c2C1. The number of hydrogen-bond acceptors (Lipinski definition) is 6. The van der Waals surface area contributed by atoms with E-state index in [2.05, 4.69) is 28.7 Å². The maximum atomic E-state index is 9.75. The summed E-state index contributed by atoms with van der Waals surface area (Å²) in [6, 6.07) is 2.38. The molecular weight excluding hydrogens is 346 g/mol. The zero-order valence-corrected chi connectivity index (χ0v) is 16.1. The van der Waals surface area contributed by atoms with Gasteiger partial charge in [0.1, 0.15) is 18.2 Å². The second kappa shape index (κ2) is 9.85. The van der Waals surface area contributed by atoms with Crippen molar-refractivity contribution in [2.24, 2.45) is 0 Å². The molecule has 8 heteroatoms. The van der Waals surface area contributed by atoms with Gasteiger partial charge in [-0.1, -0.05) is 0 Å². The molecule has 1 saturated heterocycles. The van der Waals surface area contributed by atoms with Crippen LogP contribution in [0.5, 0.6) is 0 Å². The summed E-state index contributed by atoms with van der Waals surface area (Å²) < 4.78 is 11.0. The molecule has 8 nitrogen and oxygen atoms in total. The van der Waals surface area contributed by atoms with Crippen molar-refractivity contribution in [3.63, 3.8) is 0 Å². The number of ether oxygens (including phenoxy) is 2. The lowest BCUT2D eigenvalue weighted by Gasteiger charge is -2.24. The first-order valence-corrected chi connectivity index (χ1v) is 9.83. The van der Waals surface area contributed by atoms with E-state index in [1.807, 2.05) is 0 Å². The molecule has 1 aromatic heterocycles. The number of aromatic amines is 1. The molecule has 1 aromatic rings. The van der Waals surface area contributed by atoms with E-state index >= 15 is 0 Å². The molecule has 2 aliphatic rings. The van der Waals surface area contributed by atoms with Crippen LogP contribution in [0.3, 0.4) is 0 Å². The number of pyridine rings is 1. The number of aromatic nitrogens is 1. The number of fused-ring (bicyclic) bond motifs is 1. The molecule has 1 unspecified atom stereocenters. The second-order valence-corrected chi connectivity index (χ2v) is 7.23. The van der Waals surface area contributed by atoms with Crippen molar-refractivity contribution < 1.29 is 24.5 Å². The Labute approximate surface area is 160 Å². The van der Waals surface area contributed by atoms with Gasteiger partial charge in [0.05, 0.1) is 58.2 Å². The van der Waals surface area contributed by atoms with Crippen LogP contribution in [0.4, 0.5) is 11.6 Å². The lowest BCUT2D eigenvalue weighted by molar-refractivity contribution is -0.895. The van der Waals surface area contributed by atoms with E-state index in [-0.39, 0.29) is 12.7 Å². The van der Waals surface area contributed by atoms with Crippen molar-refractivity contribution in [2.45, 2.75) is 31.9 Å². The summed E-state index contributed by atoms with van der Waals surface area (Å²) in [5.74, 6) is 1.72. The number of anilines is 2. The van der Waals surface area contributed by atoms with Crippen molar-refractivity contribution in [1.29, 1.82) is 5.26 Å². The summed E-state index contributed by atoms with van der Waals surface area (Å²) in [5.41, 5.74) is 3.04. The summed E-state index contributed by atoms with van der Waals surface area (Å²) >= 11 is 0. The van der Waals surface area contributed by atoms with E-state index in [1.165, 1.54) is 10.5 Å². The first kappa shape index (κ1) is 19.8. The van der Waals surface area contributed by atoms with Crippen molar-refractivity contribution in [3.05, 3.63) is 16.7 Å². The number of quaternary nitrogens is 1. The van der Waals surface area contributed by atoms with Crippen LogP contribution >= 0.6 is 0 Å². The number of rotatable bonds is 9. The van der Waals surface area contributed by atoms with Gasteiger partial charge in [0.25, 0.3) is 0 Å². The van der Waals surface area contributed by atoms with Crippen molar-refractivity contribution in [1.82, 2.24) is 0 Å². The van der Waals surface area contributed by atoms with Crippen molar-refractivity contribution >= 4 is 11.6 Å². The van der Waals surface area contributed by atoms with Crippen LogP contribution in [-0.4, -0.2) is 64.3 Å². The largest absolute Gasteiger partial charge is 0.394 e. The summed E-state index contributed by atoms with van der Waals surface area (Å²) in [6.07, 6.45) is 3.35. The van der Waals surface area contributed by atoms with Gasteiger partial charge in [0.2, 0.25) is 11.6 Å². The topological polar surface area (TPSA) is 105 Å². The van der Waals surface area contributed by atoms with Gasteiger partial charge in [-0.15, -0.1) is 0 Å². The van der Waals surface area contributed by atoms with E-state index in [1.54, 1.807) is 0 Å². The molecule has 3 rings (SSSR count). The van der Waals surface area contributed by atoms with Gasteiger partial charge in [0, 0.05) is 13.0 Å². The molecule has 0 aliphatic carbocycles. The second-order valence-electron chi connectivity index (χ2n) is 7.23. The molecule has 0 aromatic carbocycles. The Morgan fingerprint density at radius 2 is 2.22 bits per heavy atom. The minimum atomic E-state index is 0.0154. The number of nitrogens with zero attached hydrogens (tertiary/aromatic N) is 1. The summed E-state index contributed by atoms with van der Waals surface area (Å²) in [6.45, 7) is 4.92. The van der Waals surface area contributed by atoms with Crippen LogP contribution in [0, 0.1) is 11.3 Å². The van der Waals surface area contributed by atoms with Gasteiger partial charge in [-0.3, -0.25) is 0 Å². The highest BCUT2D eigenvalue weighted by molar-refractivity contribution is 5.60. The number of nitrogens with one attached hydrogen (secondary N) is 4. The Hall–Kier alpha value is -1.92. The fourth-order valence-electron chi connectivity index (χ4n) is 3.76. The normalized spacial score (nSPS) is 21.5. The maximum absolute atomic E-state index is 9.75. The van der Waals surface area contributed by atoms with Crippen molar-refractivity contribution in [2.75, 3.05) is 63.7 Å². The highest BCUT2D eigenvalue weighted by Crippen LogP contribution is 2.26. The van der Waals surface area contributed by atoms with Gasteiger partial charge in [0.15, 0.2) is 0 Å². The van der Waals surface area contributed by atoms with E-state index in [9.17, 15) is 5.26 Å². The molecule has 0 spiro atoms. The molecule has 2 aliphatic heterocycles. The van der Waals surface area contributed by atoms with E-state index in [4.69, 9.17) is 14.6 Å². The highest BCUT2D eigenvalue weighted by atomic mass is 16.5. The first-order valence-electron chi connectivity index (χ1n) is 9.83. The molecule has 3 heterocycles. The first-order chi connectivity index (χ1) is 13.2. The van der Waals surface area contributed by atoms with Crippen LogP contribution in [-0.2, 0) is 22.4 Å². The predicted molar refractivity (Wildman–Crippen MR) is 101 cm³/mol. The third-order valence-corrected chi connectivity index (χ3v) is 5.17. The lowest BCUT2D eigenvalue weighted by Crippen LogP contribution is -3.08. The average Bonchev–Trinajstić information content (AvgIpc) is 3.19. The number of hydrogen-bond donors (Lipinski definition) is 4. The summed E-state index contributed by atoms with van der Waals surface area (Å²) in [7, 11) is 2.18. The molecule has 148 valence electrons. The Morgan fingerprint density at radius 1 is 1.33 bits per heavy atom. The van der Waals surface area contributed by atoms with E-state index in [0.29, 0.717) is 25.3 Å². The molecule has 0 radical (unpaired) electrons. The van der Waals surface area contributed by atoms with Crippen LogP contribution < -0.4 is 20.5 Å². The van der Waals surface area contributed by atoms with E-state index in [0.717, 1.165) is 62.7 Å². The molecule has 1 fully saturated rings. The highest BCUT2D eigenvalue weighted by Gasteiger charge is 2.29. The quantitative estimate of drug-likeness (QED) is 0.410. The molecule has 0 amide bonds. The molecule has 0 bridgehead atoms. The number of nitriles is 1. The fourth-order valence-corrected chi connectivity index (χ4v) is 3.76. The lowest BCUT2D eigenvalue weighted by atomic mass is 9.96. The molecule has 0 saturated carbocycles. The Balaban J connectivity index is 1.79. The minimum Gasteiger partial charge on any atom is -0.394 e. The summed E-state index contributed by atoms with van der Waals surface area (Å²) in [5, 5.41) is 25.4. The van der Waals surface area contributed by atoms with Crippen molar-refractivity contribution in [3.8, 4) is 6.07 Å². The Kier molecular flexibility index (Phi) is 7.24. The van der Waals surface area contributed by atoms with Crippen LogP contribution in [0.25, 0.3) is 0 Å². The van der Waals surface area contributed by atoms with Gasteiger partial charge in [-0.2, -0.15) is 5.26 Å². The third kappa shape index (κ3) is 5.08. The zero-order chi connectivity index (χ0) is 19.1. The molecule has 2 atom stereocenters. The van der Waals surface area contributed by atoms with Gasteiger partial charge >= 0.3 is 0 Å². The summed E-state index contributed by atoms with van der Waals surface area (Å²) in [4.78, 5) is 4.85. The monoisotopic (exact) mass is 377 g/mol. The van der Waals surface area contributed by atoms with Crippen LogP contribution in [0.2, 0.25) is 0 Å². The smallest absolute Gasteiger partial charge is 0.237 e. The number of aliphatic hydroxyl groups is 1. The van der Waals surface area contributed by atoms with Crippen LogP contribution in [0.15, 0.2) is 0 Å². The standard InChI is InChI=1S/C19H29N5O3/c1-24-6-4-15-16(11-20)18(21-5-9-26-10-7-25)23-19(17(15)13-24)22-12-14-3-2-8-27-14/h14,25H,2-10,12-13H2,1H3,(H2,21,22,23)/p+2/t14-/m0/s1. The van der Waals surface area contributed by atoms with Gasteiger partial charge < -0.3 is 30.1 Å². The number of likely N-dealkylation sites (N-methyl/N-ethyl adjacent to an activating group) is 1. The molecule has 5 N–H and O–H groups in total. The minimum absolute atomic E-state index is 0.0154. The molecular formula is C19H31N5O3+2. The van der Waals surface area contributed by atoms with Gasteiger partial charge in [-0.25, -0.2) is 4.98 Å². The Morgan fingerprint density at radius 3 is 2.96 bits per heavy atom. The Bertz CT molecular complexity index is 670. The fraction of sp³-hybridized carbons (Fsp3) is 0.684. The number of H-pyrrole nitrogens is 1. The third-order valence-electron chi connectivity index (χ3n) is 5.17. The number of aliphatic hydroxyl groups excluding tert-OH is 1. The van der Waals surface area contributed by atoms with E-state index < -0.39 is 0 Å².